The molecular formula is C6H6N3O2. The van der Waals surface area contributed by atoms with Gasteiger partial charge in [-0.2, -0.15) is 5.10 Å². The van der Waals surface area contributed by atoms with Gasteiger partial charge in [-0.1, -0.05) is 6.08 Å². The smallest absolute Gasteiger partial charge is 0.280 e. The predicted molar refractivity (Wildman–Crippen MR) is 38.2 cm³/mol. The van der Waals surface area contributed by atoms with E-state index < -0.39 is 11.1 Å². The number of aromatic nitrogens is 3. The van der Waals surface area contributed by atoms with Crippen molar-refractivity contribution in [2.24, 2.45) is 0 Å². The second kappa shape index (κ2) is 2.96. The van der Waals surface area contributed by atoms with Crippen LogP contribution in [-0.4, -0.2) is 14.8 Å². The van der Waals surface area contributed by atoms with Gasteiger partial charge >= 0.3 is 11.1 Å². The first-order valence-electron chi connectivity index (χ1n) is 2.94. The summed E-state index contributed by atoms with van der Waals surface area (Å²) >= 11 is 0. The van der Waals surface area contributed by atoms with E-state index >= 15 is 0 Å². The van der Waals surface area contributed by atoms with Gasteiger partial charge in [0.2, 0.25) is 6.33 Å². The molecule has 0 amide bonds. The molecule has 0 aliphatic rings. The zero-order valence-corrected chi connectivity index (χ0v) is 5.70. The maximum absolute atomic E-state index is 10.9. The fourth-order valence-electron chi connectivity index (χ4n) is 0.605. The van der Waals surface area contributed by atoms with Crippen LogP contribution in [0.1, 0.15) is 0 Å². The maximum Gasteiger partial charge on any atom is 0.330 e. The summed E-state index contributed by atoms with van der Waals surface area (Å²) in [5.74, 6) is 0. The molecule has 1 aromatic heterocycles. The third-order valence-corrected chi connectivity index (χ3v) is 1.08. The molecule has 1 aromatic rings. The van der Waals surface area contributed by atoms with E-state index in [1.54, 1.807) is 0 Å². The highest BCUT2D eigenvalue weighted by molar-refractivity contribution is 4.77. The van der Waals surface area contributed by atoms with Crippen molar-refractivity contribution in [3.05, 3.63) is 39.7 Å². The van der Waals surface area contributed by atoms with Crippen LogP contribution in [0.4, 0.5) is 0 Å². The Balaban J connectivity index is 3.28. The van der Waals surface area contributed by atoms with E-state index in [9.17, 15) is 9.59 Å². The van der Waals surface area contributed by atoms with Gasteiger partial charge in [0, 0.05) is 6.54 Å². The molecule has 0 saturated carbocycles. The van der Waals surface area contributed by atoms with Gasteiger partial charge in [0.25, 0.3) is 0 Å². The molecule has 5 nitrogen and oxygen atoms in total. The molecule has 1 radical (unpaired) electrons. The second-order valence-corrected chi connectivity index (χ2v) is 1.86. The Hall–Kier alpha value is -1.65. The second-order valence-electron chi connectivity index (χ2n) is 1.86. The molecule has 0 aromatic carbocycles. The Morgan fingerprint density at radius 2 is 2.45 bits per heavy atom. The van der Waals surface area contributed by atoms with Crippen molar-refractivity contribution in [1.82, 2.24) is 14.8 Å². The summed E-state index contributed by atoms with van der Waals surface area (Å²) in [4.78, 5) is 21.5. The summed E-state index contributed by atoms with van der Waals surface area (Å²) < 4.78 is 1.05. The fourth-order valence-corrected chi connectivity index (χ4v) is 0.605. The first kappa shape index (κ1) is 7.46. The van der Waals surface area contributed by atoms with Crippen molar-refractivity contribution in [1.29, 1.82) is 0 Å². The number of rotatable bonds is 2. The molecule has 0 bridgehead atoms. The predicted octanol–water partition coefficient (Wildman–Crippen LogP) is -1.08. The highest BCUT2D eigenvalue weighted by Gasteiger charge is 1.96. The Kier molecular flexibility index (Phi) is 2.00. The Morgan fingerprint density at radius 1 is 1.73 bits per heavy atom. The number of nitrogens with zero attached hydrogens (tertiary/aromatic N) is 2. The van der Waals surface area contributed by atoms with Crippen molar-refractivity contribution in [2.45, 2.75) is 6.54 Å². The quantitative estimate of drug-likeness (QED) is 0.433. The molecule has 0 aliphatic carbocycles. The third-order valence-electron chi connectivity index (χ3n) is 1.08. The normalized spacial score (nSPS) is 9.45. The molecule has 0 saturated heterocycles. The summed E-state index contributed by atoms with van der Waals surface area (Å²) in [6.07, 6.45) is 3.79. The van der Waals surface area contributed by atoms with Crippen molar-refractivity contribution in [3.8, 4) is 0 Å². The molecule has 5 heteroatoms. The number of H-pyrrole nitrogens is 1. The van der Waals surface area contributed by atoms with Crippen LogP contribution in [0.5, 0.6) is 0 Å². The number of aromatic amines is 1. The summed E-state index contributed by atoms with van der Waals surface area (Å²) in [7, 11) is 0. The SMILES string of the molecule is C=CCn1[c]n[nH]c(=O)c1=O. The molecule has 1 heterocycles. The standard InChI is InChI=1S/C6H6N3O2/c1-2-3-9-4-7-8-5(10)6(9)11/h2H,1,3H2,(H,8,10). The van der Waals surface area contributed by atoms with E-state index in [-0.39, 0.29) is 6.54 Å². The lowest BCUT2D eigenvalue weighted by molar-refractivity contribution is 0.695. The molecule has 1 rings (SSSR count). The minimum atomic E-state index is -0.745. The van der Waals surface area contributed by atoms with E-state index in [1.165, 1.54) is 6.08 Å². The van der Waals surface area contributed by atoms with E-state index in [4.69, 9.17) is 0 Å². The molecule has 0 atom stereocenters. The highest BCUT2D eigenvalue weighted by atomic mass is 16.2. The molecule has 1 N–H and O–H groups in total. The summed E-state index contributed by atoms with van der Waals surface area (Å²) in [5.41, 5.74) is -1.41. The van der Waals surface area contributed by atoms with Crippen LogP contribution in [0.25, 0.3) is 0 Å². The monoisotopic (exact) mass is 152 g/mol. The number of nitrogens with one attached hydrogen (secondary N) is 1. The van der Waals surface area contributed by atoms with Crippen molar-refractivity contribution < 1.29 is 0 Å². The van der Waals surface area contributed by atoms with Crippen LogP contribution in [0.2, 0.25) is 0 Å². The van der Waals surface area contributed by atoms with Gasteiger partial charge in [0.05, 0.1) is 0 Å². The lowest BCUT2D eigenvalue weighted by atomic mass is 10.6. The molecule has 0 fully saturated rings. The van der Waals surface area contributed by atoms with Gasteiger partial charge in [-0.05, 0) is 0 Å². The van der Waals surface area contributed by atoms with Gasteiger partial charge in [0.15, 0.2) is 0 Å². The molecule has 0 aliphatic heterocycles. The van der Waals surface area contributed by atoms with Crippen LogP contribution in [0.15, 0.2) is 22.2 Å². The Bertz CT molecular complexity index is 363. The minimum Gasteiger partial charge on any atom is -0.280 e. The summed E-state index contributed by atoms with van der Waals surface area (Å²) in [6.45, 7) is 3.65. The average molecular weight is 152 g/mol. The molecular weight excluding hydrogens is 146 g/mol. The van der Waals surface area contributed by atoms with E-state index in [2.05, 4.69) is 18.0 Å². The lowest BCUT2D eigenvalue weighted by Gasteiger charge is -1.94. The Labute approximate surface area is 62.0 Å². The average Bonchev–Trinajstić information content (AvgIpc) is 1.99. The van der Waals surface area contributed by atoms with Gasteiger partial charge in [-0.25, -0.2) is 5.10 Å². The van der Waals surface area contributed by atoms with Crippen molar-refractivity contribution >= 4 is 0 Å². The maximum atomic E-state index is 10.9. The van der Waals surface area contributed by atoms with Gasteiger partial charge in [0.1, 0.15) is 0 Å². The molecule has 11 heavy (non-hydrogen) atoms. The van der Waals surface area contributed by atoms with Crippen molar-refractivity contribution in [3.63, 3.8) is 0 Å². The van der Waals surface area contributed by atoms with Crippen LogP contribution < -0.4 is 11.1 Å². The van der Waals surface area contributed by atoms with Gasteiger partial charge in [-0.15, -0.1) is 6.58 Å². The number of hydrogen-bond donors (Lipinski definition) is 1. The number of hydrogen-bond acceptors (Lipinski definition) is 3. The van der Waals surface area contributed by atoms with Gasteiger partial charge in [-0.3, -0.25) is 14.2 Å². The van der Waals surface area contributed by atoms with Crippen LogP contribution >= 0.6 is 0 Å². The molecule has 0 unspecified atom stereocenters. The van der Waals surface area contributed by atoms with E-state index in [0.717, 1.165) is 4.57 Å². The molecule has 0 spiro atoms. The van der Waals surface area contributed by atoms with Crippen LogP contribution in [-0.2, 0) is 6.54 Å². The van der Waals surface area contributed by atoms with E-state index in [0.29, 0.717) is 0 Å². The minimum absolute atomic E-state index is 0.246. The zero-order valence-electron chi connectivity index (χ0n) is 5.70. The topological polar surface area (TPSA) is 67.8 Å². The molecule has 57 valence electrons. The van der Waals surface area contributed by atoms with Crippen molar-refractivity contribution in [2.75, 3.05) is 0 Å². The summed E-state index contributed by atoms with van der Waals surface area (Å²) in [5, 5.41) is 5.29. The number of allylic oxidation sites excluding steroid dienone is 1. The van der Waals surface area contributed by atoms with Gasteiger partial charge < -0.3 is 0 Å². The first-order valence-corrected chi connectivity index (χ1v) is 2.94. The third kappa shape index (κ3) is 1.43. The lowest BCUT2D eigenvalue weighted by Crippen LogP contribution is -2.36. The van der Waals surface area contributed by atoms with Crippen LogP contribution in [0.3, 0.4) is 0 Å². The highest BCUT2D eigenvalue weighted by Crippen LogP contribution is 1.71. The first-order chi connectivity index (χ1) is 5.25. The Morgan fingerprint density at radius 3 is 3.09 bits per heavy atom. The largest absolute Gasteiger partial charge is 0.330 e. The van der Waals surface area contributed by atoms with Crippen LogP contribution in [0, 0.1) is 6.33 Å². The fraction of sp³-hybridized carbons (Fsp3) is 0.167. The van der Waals surface area contributed by atoms with E-state index in [1.807, 2.05) is 5.10 Å². The summed E-state index contributed by atoms with van der Waals surface area (Å²) in [6, 6.07) is 0. The zero-order chi connectivity index (χ0) is 8.27.